The molecule has 4 rings (SSSR count). The highest BCUT2D eigenvalue weighted by molar-refractivity contribution is 6.00. The highest BCUT2D eigenvalue weighted by Gasteiger charge is 2.43. The smallest absolute Gasteiger partial charge is 0.170 e. The first-order valence-electron chi connectivity index (χ1n) is 8.83. The third-order valence-corrected chi connectivity index (χ3v) is 5.49. The van der Waals surface area contributed by atoms with Crippen LogP contribution in [0.15, 0.2) is 24.5 Å². The van der Waals surface area contributed by atoms with E-state index < -0.39 is 0 Å². The lowest BCUT2D eigenvalue weighted by Crippen LogP contribution is -2.51. The summed E-state index contributed by atoms with van der Waals surface area (Å²) in [6.07, 6.45) is 3.73. The highest BCUT2D eigenvalue weighted by atomic mass is 16.5. The first-order chi connectivity index (χ1) is 12.0. The molecule has 1 aromatic carbocycles. The molecule has 2 aliphatic rings. The number of rotatable bonds is 1. The second-order valence-electron chi connectivity index (χ2n) is 7.32. The molecule has 2 aromatic rings. The molecule has 0 aliphatic carbocycles. The second kappa shape index (κ2) is 5.83. The first-order valence-corrected chi connectivity index (χ1v) is 8.83. The summed E-state index contributed by atoms with van der Waals surface area (Å²) in [5.74, 6) is 1.91. The fourth-order valence-corrected chi connectivity index (χ4v) is 3.78. The van der Waals surface area contributed by atoms with Crippen molar-refractivity contribution in [2.24, 2.45) is 0 Å². The summed E-state index contributed by atoms with van der Waals surface area (Å²) >= 11 is 0. The van der Waals surface area contributed by atoms with E-state index >= 15 is 0 Å². The van der Waals surface area contributed by atoms with Crippen LogP contribution in [0.5, 0.6) is 5.75 Å². The van der Waals surface area contributed by atoms with E-state index in [2.05, 4.69) is 21.8 Å². The molecule has 0 atom stereocenters. The molecule has 3 heterocycles. The van der Waals surface area contributed by atoms with Crippen molar-refractivity contribution in [1.82, 2.24) is 9.97 Å². The molecule has 0 amide bonds. The Hall–Kier alpha value is -2.43. The van der Waals surface area contributed by atoms with Crippen LogP contribution in [0.4, 0.5) is 5.82 Å². The number of carbonyl (C=O) groups is 1. The van der Waals surface area contributed by atoms with E-state index in [0.29, 0.717) is 6.42 Å². The molecule has 25 heavy (non-hydrogen) atoms. The van der Waals surface area contributed by atoms with Gasteiger partial charge in [0.05, 0.1) is 12.0 Å². The maximum absolute atomic E-state index is 12.7. The van der Waals surface area contributed by atoms with Crippen molar-refractivity contribution in [2.75, 3.05) is 18.0 Å². The third kappa shape index (κ3) is 2.88. The fourth-order valence-electron chi connectivity index (χ4n) is 3.78. The molecule has 1 fully saturated rings. The lowest BCUT2D eigenvalue weighted by molar-refractivity contribution is 0.0230. The minimum Gasteiger partial charge on any atom is -0.486 e. The lowest BCUT2D eigenvalue weighted by atomic mass is 9.82. The van der Waals surface area contributed by atoms with Crippen LogP contribution in [-0.4, -0.2) is 34.4 Å². The van der Waals surface area contributed by atoms with Crippen LogP contribution in [-0.2, 0) is 0 Å². The minimum atomic E-state index is -0.371. The molecule has 0 unspecified atom stereocenters. The van der Waals surface area contributed by atoms with Crippen LogP contribution >= 0.6 is 0 Å². The minimum absolute atomic E-state index is 0.204. The van der Waals surface area contributed by atoms with Gasteiger partial charge in [-0.2, -0.15) is 0 Å². The van der Waals surface area contributed by atoms with Crippen molar-refractivity contribution in [1.29, 1.82) is 0 Å². The summed E-state index contributed by atoms with van der Waals surface area (Å²) in [5.41, 5.74) is 3.64. The maximum atomic E-state index is 12.7. The molecule has 2 aliphatic heterocycles. The zero-order valence-electron chi connectivity index (χ0n) is 15.0. The molecular weight excluding hydrogens is 314 g/mol. The lowest BCUT2D eigenvalue weighted by Gasteiger charge is -2.44. The fraction of sp³-hybridized carbons (Fsp3) is 0.450. The molecule has 0 radical (unpaired) electrons. The number of ether oxygens (including phenoxy) is 1. The number of ketones is 1. The zero-order chi connectivity index (χ0) is 17.6. The van der Waals surface area contributed by atoms with E-state index in [4.69, 9.17) is 4.74 Å². The molecule has 5 nitrogen and oxygen atoms in total. The van der Waals surface area contributed by atoms with Gasteiger partial charge in [0.2, 0.25) is 0 Å². The molecule has 1 aromatic heterocycles. The van der Waals surface area contributed by atoms with Gasteiger partial charge in [0.1, 0.15) is 23.5 Å². The predicted molar refractivity (Wildman–Crippen MR) is 96.4 cm³/mol. The van der Waals surface area contributed by atoms with E-state index in [9.17, 15) is 4.79 Å². The van der Waals surface area contributed by atoms with Gasteiger partial charge < -0.3 is 9.64 Å². The number of piperidine rings is 1. The molecule has 0 bridgehead atoms. The van der Waals surface area contributed by atoms with Crippen LogP contribution in [0, 0.1) is 20.8 Å². The maximum Gasteiger partial charge on any atom is 0.170 e. The molecule has 1 spiro atoms. The number of Topliss-reactive ketones (excluding diaryl/α,β-unsaturated/α-hetero) is 1. The van der Waals surface area contributed by atoms with Crippen LogP contribution < -0.4 is 9.64 Å². The molecule has 1 saturated heterocycles. The normalized spacial score (nSPS) is 18.8. The number of hydrogen-bond acceptors (Lipinski definition) is 5. The Morgan fingerprint density at radius 3 is 2.48 bits per heavy atom. The summed E-state index contributed by atoms with van der Waals surface area (Å²) in [7, 11) is 0. The predicted octanol–water partition coefficient (Wildman–Crippen LogP) is 3.41. The topological polar surface area (TPSA) is 55.3 Å². The first kappa shape index (κ1) is 16.1. The van der Waals surface area contributed by atoms with Gasteiger partial charge in [0.15, 0.2) is 5.78 Å². The van der Waals surface area contributed by atoms with E-state index in [1.54, 1.807) is 6.33 Å². The summed E-state index contributed by atoms with van der Waals surface area (Å²) in [5, 5.41) is 0. The number of aromatic nitrogens is 2. The van der Waals surface area contributed by atoms with E-state index in [1.165, 1.54) is 0 Å². The van der Waals surface area contributed by atoms with Crippen LogP contribution in [0.25, 0.3) is 0 Å². The number of carbonyl (C=O) groups excluding carboxylic acids is 1. The second-order valence-corrected chi connectivity index (χ2v) is 7.32. The molecule has 0 saturated carbocycles. The monoisotopic (exact) mass is 337 g/mol. The Bertz CT molecular complexity index is 839. The number of aryl methyl sites for hydroxylation is 3. The number of fused-ring (bicyclic) bond motifs is 1. The molecule has 130 valence electrons. The Kier molecular flexibility index (Phi) is 3.74. The van der Waals surface area contributed by atoms with Crippen LogP contribution in [0.2, 0.25) is 0 Å². The quantitative estimate of drug-likeness (QED) is 0.798. The Morgan fingerprint density at radius 1 is 1.04 bits per heavy atom. The van der Waals surface area contributed by atoms with E-state index in [0.717, 1.165) is 59.9 Å². The number of benzene rings is 1. The van der Waals surface area contributed by atoms with Crippen LogP contribution in [0.1, 0.15) is 46.4 Å². The highest BCUT2D eigenvalue weighted by Crippen LogP contribution is 2.40. The van der Waals surface area contributed by atoms with E-state index in [1.807, 2.05) is 32.0 Å². The number of nitrogens with zero attached hydrogens (tertiary/aromatic N) is 3. The van der Waals surface area contributed by atoms with Gasteiger partial charge >= 0.3 is 0 Å². The Balaban J connectivity index is 1.55. The SMILES string of the molecule is Cc1cc(N2CCC3(CC2)CC(=O)c2cc(C)c(C)cc2O3)ncn1. The van der Waals surface area contributed by atoms with Gasteiger partial charge in [0, 0.05) is 37.7 Å². The van der Waals surface area contributed by atoms with Gasteiger partial charge in [-0.25, -0.2) is 9.97 Å². The average Bonchev–Trinajstić information content (AvgIpc) is 2.58. The van der Waals surface area contributed by atoms with Crippen molar-refractivity contribution >= 4 is 11.6 Å². The Labute approximate surface area is 148 Å². The summed E-state index contributed by atoms with van der Waals surface area (Å²) < 4.78 is 6.39. The number of anilines is 1. The van der Waals surface area contributed by atoms with Gasteiger partial charge in [-0.15, -0.1) is 0 Å². The summed E-state index contributed by atoms with van der Waals surface area (Å²) in [6.45, 7) is 7.74. The Morgan fingerprint density at radius 2 is 1.76 bits per heavy atom. The largest absolute Gasteiger partial charge is 0.486 e. The average molecular weight is 337 g/mol. The molecule has 5 heteroatoms. The third-order valence-electron chi connectivity index (χ3n) is 5.49. The van der Waals surface area contributed by atoms with Crippen molar-refractivity contribution in [3.63, 3.8) is 0 Å². The van der Waals surface area contributed by atoms with Crippen molar-refractivity contribution < 1.29 is 9.53 Å². The van der Waals surface area contributed by atoms with Gasteiger partial charge in [-0.05, 0) is 44.0 Å². The van der Waals surface area contributed by atoms with Gasteiger partial charge in [0.25, 0.3) is 0 Å². The molecular formula is C20H23N3O2. The van der Waals surface area contributed by atoms with Crippen molar-refractivity contribution in [3.8, 4) is 5.75 Å². The van der Waals surface area contributed by atoms with Crippen LogP contribution in [0.3, 0.4) is 0 Å². The van der Waals surface area contributed by atoms with Crippen molar-refractivity contribution in [3.05, 3.63) is 46.9 Å². The van der Waals surface area contributed by atoms with Crippen molar-refractivity contribution in [2.45, 2.75) is 45.6 Å². The van der Waals surface area contributed by atoms with Gasteiger partial charge in [-0.3, -0.25) is 4.79 Å². The number of hydrogen-bond donors (Lipinski definition) is 0. The zero-order valence-corrected chi connectivity index (χ0v) is 15.0. The standard InChI is InChI=1S/C20H23N3O2/c1-13-8-16-17(24)11-20(25-18(16)9-14(13)2)4-6-23(7-5-20)19-10-15(3)21-12-22-19/h8-10,12H,4-7,11H2,1-3H3. The summed E-state index contributed by atoms with van der Waals surface area (Å²) in [6, 6.07) is 5.99. The van der Waals surface area contributed by atoms with E-state index in [-0.39, 0.29) is 11.4 Å². The summed E-state index contributed by atoms with van der Waals surface area (Å²) in [4.78, 5) is 23.5. The van der Waals surface area contributed by atoms with Gasteiger partial charge in [-0.1, -0.05) is 0 Å². The molecule has 0 N–H and O–H groups in total.